The first-order valence-electron chi connectivity index (χ1n) is 9.64. The number of carbonyl (C=O) groups excluding carboxylic acids is 2. The molecule has 2 aliphatic rings. The minimum absolute atomic E-state index is 0.0728. The number of anilines is 1. The highest BCUT2D eigenvalue weighted by Gasteiger charge is 2.22. The molecule has 0 saturated carbocycles. The summed E-state index contributed by atoms with van der Waals surface area (Å²) in [5.74, 6) is -0.332. The number of fused-ring (bicyclic) bond motifs is 1. The van der Waals surface area contributed by atoms with E-state index >= 15 is 0 Å². The molecule has 0 unspecified atom stereocenters. The molecular formula is C20H25N5O3. The molecule has 148 valence electrons. The van der Waals surface area contributed by atoms with Crippen LogP contribution in [0.25, 0.3) is 10.9 Å². The van der Waals surface area contributed by atoms with Crippen molar-refractivity contribution in [3.8, 4) is 0 Å². The lowest BCUT2D eigenvalue weighted by Gasteiger charge is -2.26. The summed E-state index contributed by atoms with van der Waals surface area (Å²) in [7, 11) is 1.57. The molecule has 2 amide bonds. The van der Waals surface area contributed by atoms with Crippen LogP contribution in [0.4, 0.5) is 5.69 Å². The maximum absolute atomic E-state index is 12.4. The van der Waals surface area contributed by atoms with Crippen LogP contribution < -0.4 is 5.32 Å². The van der Waals surface area contributed by atoms with E-state index in [1.54, 1.807) is 7.05 Å². The van der Waals surface area contributed by atoms with Crippen LogP contribution in [-0.2, 0) is 20.9 Å². The Labute approximate surface area is 163 Å². The van der Waals surface area contributed by atoms with Crippen molar-refractivity contribution in [1.29, 1.82) is 0 Å². The van der Waals surface area contributed by atoms with Crippen molar-refractivity contribution in [2.75, 3.05) is 45.2 Å². The summed E-state index contributed by atoms with van der Waals surface area (Å²) < 4.78 is 7.63. The predicted octanol–water partition coefficient (Wildman–Crippen LogP) is 1.52. The molecule has 0 aliphatic carbocycles. The van der Waals surface area contributed by atoms with Crippen LogP contribution in [0.3, 0.4) is 0 Å². The number of rotatable bonds is 5. The number of nitrogens with one attached hydrogen (secondary N) is 1. The smallest absolute Gasteiger partial charge is 0.271 e. The van der Waals surface area contributed by atoms with Crippen LogP contribution >= 0.6 is 0 Å². The van der Waals surface area contributed by atoms with Gasteiger partial charge in [0.2, 0.25) is 5.91 Å². The van der Waals surface area contributed by atoms with Crippen molar-refractivity contribution in [3.05, 3.63) is 30.5 Å². The number of amides is 2. The molecule has 0 spiro atoms. The lowest BCUT2D eigenvalue weighted by atomic mass is 10.1. The van der Waals surface area contributed by atoms with E-state index in [1.165, 1.54) is 5.01 Å². The SMILES string of the molecule is CN1N=C(C(=O)Nc2ccc3c(ccn3CCN3CCOCC3)c2)CCC1=O. The van der Waals surface area contributed by atoms with Gasteiger partial charge in [-0.2, -0.15) is 5.10 Å². The van der Waals surface area contributed by atoms with Gasteiger partial charge in [-0.15, -0.1) is 0 Å². The van der Waals surface area contributed by atoms with Gasteiger partial charge in [0, 0.05) is 68.9 Å². The van der Waals surface area contributed by atoms with Gasteiger partial charge in [-0.3, -0.25) is 14.5 Å². The first-order valence-corrected chi connectivity index (χ1v) is 9.64. The monoisotopic (exact) mass is 383 g/mol. The lowest BCUT2D eigenvalue weighted by molar-refractivity contribution is -0.130. The van der Waals surface area contributed by atoms with Crippen molar-refractivity contribution >= 4 is 34.1 Å². The van der Waals surface area contributed by atoms with Gasteiger partial charge < -0.3 is 14.6 Å². The molecule has 8 heteroatoms. The molecule has 2 aromatic rings. The van der Waals surface area contributed by atoms with Crippen LogP contribution in [0, 0.1) is 0 Å². The average molecular weight is 383 g/mol. The number of nitrogens with zero attached hydrogens (tertiary/aromatic N) is 4. The zero-order valence-electron chi connectivity index (χ0n) is 16.1. The summed E-state index contributed by atoms with van der Waals surface area (Å²) in [6.07, 6.45) is 2.77. The fraction of sp³-hybridized carbons (Fsp3) is 0.450. The third-order valence-corrected chi connectivity index (χ3v) is 5.26. The first kappa shape index (κ1) is 18.6. The third kappa shape index (κ3) is 4.07. The van der Waals surface area contributed by atoms with Crippen molar-refractivity contribution in [1.82, 2.24) is 14.5 Å². The van der Waals surface area contributed by atoms with Gasteiger partial charge in [-0.05, 0) is 24.3 Å². The Hall–Kier alpha value is -2.71. The molecule has 28 heavy (non-hydrogen) atoms. The van der Waals surface area contributed by atoms with Crippen molar-refractivity contribution < 1.29 is 14.3 Å². The molecule has 4 rings (SSSR count). The van der Waals surface area contributed by atoms with Crippen LogP contribution in [-0.4, -0.2) is 71.9 Å². The Kier molecular flexibility index (Phi) is 5.40. The van der Waals surface area contributed by atoms with E-state index < -0.39 is 0 Å². The number of hydrogen-bond acceptors (Lipinski definition) is 5. The second-order valence-corrected chi connectivity index (χ2v) is 7.15. The molecular weight excluding hydrogens is 358 g/mol. The van der Waals surface area contributed by atoms with Gasteiger partial charge in [-0.1, -0.05) is 0 Å². The normalized spacial score (nSPS) is 18.4. The van der Waals surface area contributed by atoms with E-state index in [2.05, 4.69) is 32.1 Å². The molecule has 2 aliphatic heterocycles. The van der Waals surface area contributed by atoms with E-state index in [-0.39, 0.29) is 11.8 Å². The molecule has 1 fully saturated rings. The lowest BCUT2D eigenvalue weighted by Crippen LogP contribution is -2.38. The summed E-state index contributed by atoms with van der Waals surface area (Å²) in [6.45, 7) is 5.51. The van der Waals surface area contributed by atoms with Gasteiger partial charge in [-0.25, -0.2) is 5.01 Å². The molecule has 3 heterocycles. The summed E-state index contributed by atoms with van der Waals surface area (Å²) in [4.78, 5) is 26.4. The third-order valence-electron chi connectivity index (χ3n) is 5.26. The minimum atomic E-state index is -0.259. The van der Waals surface area contributed by atoms with Crippen LogP contribution in [0.5, 0.6) is 0 Å². The Morgan fingerprint density at radius 2 is 2.00 bits per heavy atom. The van der Waals surface area contributed by atoms with Gasteiger partial charge in [0.1, 0.15) is 5.71 Å². The number of hydrazone groups is 1. The number of ether oxygens (including phenoxy) is 1. The predicted molar refractivity (Wildman–Crippen MR) is 107 cm³/mol. The maximum Gasteiger partial charge on any atom is 0.271 e. The Bertz CT molecular complexity index is 914. The fourth-order valence-electron chi connectivity index (χ4n) is 3.58. The topological polar surface area (TPSA) is 79.2 Å². The van der Waals surface area contributed by atoms with E-state index in [0.717, 1.165) is 56.0 Å². The second kappa shape index (κ2) is 8.12. The average Bonchev–Trinajstić information content (AvgIpc) is 3.11. The van der Waals surface area contributed by atoms with E-state index in [0.29, 0.717) is 18.6 Å². The maximum atomic E-state index is 12.4. The zero-order chi connectivity index (χ0) is 19.5. The number of carbonyl (C=O) groups is 2. The standard InChI is InChI=1S/C20H25N5O3/c1-23-19(26)5-3-17(22-23)20(27)21-16-2-4-18-15(14-16)6-7-25(18)9-8-24-10-12-28-13-11-24/h2,4,6-7,14H,3,5,8-13H2,1H3,(H,21,27). The number of morpholine rings is 1. The fourth-order valence-corrected chi connectivity index (χ4v) is 3.58. The minimum Gasteiger partial charge on any atom is -0.379 e. The number of hydrogen-bond donors (Lipinski definition) is 1. The summed E-state index contributed by atoms with van der Waals surface area (Å²) in [5, 5.41) is 9.27. The number of benzene rings is 1. The molecule has 8 nitrogen and oxygen atoms in total. The summed E-state index contributed by atoms with van der Waals surface area (Å²) in [5.41, 5.74) is 2.25. The quantitative estimate of drug-likeness (QED) is 0.849. The van der Waals surface area contributed by atoms with E-state index in [1.807, 2.05) is 18.2 Å². The highest BCUT2D eigenvalue weighted by molar-refractivity contribution is 6.43. The van der Waals surface area contributed by atoms with Crippen molar-refractivity contribution in [3.63, 3.8) is 0 Å². The van der Waals surface area contributed by atoms with Gasteiger partial charge in [0.25, 0.3) is 5.91 Å². The van der Waals surface area contributed by atoms with Gasteiger partial charge in [0.05, 0.1) is 13.2 Å². The highest BCUT2D eigenvalue weighted by Crippen LogP contribution is 2.21. The Morgan fingerprint density at radius 1 is 1.18 bits per heavy atom. The summed E-state index contributed by atoms with van der Waals surface area (Å²) in [6, 6.07) is 7.97. The van der Waals surface area contributed by atoms with Crippen LogP contribution in [0.1, 0.15) is 12.8 Å². The molecule has 0 atom stereocenters. The molecule has 1 N–H and O–H groups in total. The van der Waals surface area contributed by atoms with E-state index in [4.69, 9.17) is 4.74 Å². The Balaban J connectivity index is 1.41. The Morgan fingerprint density at radius 3 is 2.79 bits per heavy atom. The van der Waals surface area contributed by atoms with E-state index in [9.17, 15) is 9.59 Å². The van der Waals surface area contributed by atoms with Crippen molar-refractivity contribution in [2.24, 2.45) is 5.10 Å². The first-order chi connectivity index (χ1) is 13.6. The van der Waals surface area contributed by atoms with Gasteiger partial charge in [0.15, 0.2) is 0 Å². The second-order valence-electron chi connectivity index (χ2n) is 7.15. The number of aromatic nitrogens is 1. The molecule has 1 saturated heterocycles. The summed E-state index contributed by atoms with van der Waals surface area (Å²) >= 11 is 0. The van der Waals surface area contributed by atoms with Crippen LogP contribution in [0.2, 0.25) is 0 Å². The zero-order valence-corrected chi connectivity index (χ0v) is 16.1. The molecule has 1 aromatic heterocycles. The molecule has 0 radical (unpaired) electrons. The van der Waals surface area contributed by atoms with Gasteiger partial charge >= 0.3 is 0 Å². The van der Waals surface area contributed by atoms with Crippen LogP contribution in [0.15, 0.2) is 35.6 Å². The highest BCUT2D eigenvalue weighted by atomic mass is 16.5. The van der Waals surface area contributed by atoms with Crippen molar-refractivity contribution in [2.45, 2.75) is 19.4 Å². The molecule has 1 aromatic carbocycles. The molecule has 0 bridgehead atoms. The largest absolute Gasteiger partial charge is 0.379 e.